The van der Waals surface area contributed by atoms with E-state index in [2.05, 4.69) is 4.90 Å². The highest BCUT2D eigenvalue weighted by Crippen LogP contribution is 2.51. The summed E-state index contributed by atoms with van der Waals surface area (Å²) in [7, 11) is 0. The number of aliphatic hydroxyl groups is 2. The maximum Gasteiger partial charge on any atom is 0.307 e. The van der Waals surface area contributed by atoms with Gasteiger partial charge in [0.15, 0.2) is 0 Å². The van der Waals surface area contributed by atoms with Crippen LogP contribution >= 0.6 is 0 Å². The summed E-state index contributed by atoms with van der Waals surface area (Å²) in [4.78, 5) is 13.1. The Kier molecular flexibility index (Phi) is 5.74. The predicted octanol–water partition coefficient (Wildman–Crippen LogP) is 1.04. The summed E-state index contributed by atoms with van der Waals surface area (Å²) < 4.78 is 5.71. The predicted molar refractivity (Wildman–Crippen MR) is 92.2 cm³/mol. The molecule has 1 saturated carbocycles. The Morgan fingerprint density at radius 1 is 1.20 bits per heavy atom. The molecular formula is C19H27NO5. The summed E-state index contributed by atoms with van der Waals surface area (Å²) in [6.07, 6.45) is 2.30. The fraction of sp³-hybridized carbons (Fsp3) is 0.632. The molecule has 0 aromatic heterocycles. The summed E-state index contributed by atoms with van der Waals surface area (Å²) in [5.41, 5.74) is 1.85. The van der Waals surface area contributed by atoms with E-state index in [0.717, 1.165) is 38.0 Å². The van der Waals surface area contributed by atoms with Crippen LogP contribution in [0.5, 0.6) is 0 Å². The number of aliphatic carboxylic acids is 1. The van der Waals surface area contributed by atoms with E-state index in [1.54, 1.807) is 0 Å². The van der Waals surface area contributed by atoms with Crippen LogP contribution in [-0.4, -0.2) is 64.7 Å². The van der Waals surface area contributed by atoms with Crippen LogP contribution in [0.2, 0.25) is 0 Å². The Bertz CT molecular complexity index is 580. The SMILES string of the molecule is O=C(O)Cc1ccc(CN2CCC3(CC2)[C@H](O)C[C@@H]3OCCO)cc1. The molecule has 1 aliphatic carbocycles. The molecule has 3 N–H and O–H groups in total. The number of hydrogen-bond donors (Lipinski definition) is 3. The second kappa shape index (κ2) is 7.83. The van der Waals surface area contributed by atoms with E-state index in [1.807, 2.05) is 24.3 Å². The third kappa shape index (κ3) is 4.03. The molecule has 1 aliphatic heterocycles. The second-order valence-corrected chi connectivity index (χ2v) is 7.23. The Morgan fingerprint density at radius 3 is 2.40 bits per heavy atom. The fourth-order valence-electron chi connectivity index (χ4n) is 4.13. The van der Waals surface area contributed by atoms with Crippen LogP contribution in [0.4, 0.5) is 0 Å². The van der Waals surface area contributed by atoms with Crippen molar-refractivity contribution in [2.45, 2.75) is 44.4 Å². The number of aliphatic hydroxyl groups excluding tert-OH is 2. The zero-order valence-electron chi connectivity index (χ0n) is 14.4. The van der Waals surface area contributed by atoms with Gasteiger partial charge in [0, 0.05) is 18.4 Å². The van der Waals surface area contributed by atoms with E-state index in [0.29, 0.717) is 13.0 Å². The van der Waals surface area contributed by atoms with Crippen LogP contribution in [0.15, 0.2) is 24.3 Å². The molecule has 0 radical (unpaired) electrons. The smallest absolute Gasteiger partial charge is 0.307 e. The van der Waals surface area contributed by atoms with Gasteiger partial charge in [0.2, 0.25) is 0 Å². The number of piperidine rings is 1. The van der Waals surface area contributed by atoms with Gasteiger partial charge in [-0.3, -0.25) is 9.69 Å². The van der Waals surface area contributed by atoms with Crippen LogP contribution < -0.4 is 0 Å². The molecular weight excluding hydrogens is 322 g/mol. The van der Waals surface area contributed by atoms with Gasteiger partial charge in [0.05, 0.1) is 31.8 Å². The van der Waals surface area contributed by atoms with E-state index in [9.17, 15) is 9.90 Å². The topological polar surface area (TPSA) is 90.2 Å². The van der Waals surface area contributed by atoms with Crippen molar-refractivity contribution in [3.8, 4) is 0 Å². The van der Waals surface area contributed by atoms with Crippen molar-refractivity contribution in [3.05, 3.63) is 35.4 Å². The first-order valence-corrected chi connectivity index (χ1v) is 8.96. The van der Waals surface area contributed by atoms with Crippen molar-refractivity contribution in [3.63, 3.8) is 0 Å². The van der Waals surface area contributed by atoms with Crippen LogP contribution in [0.1, 0.15) is 30.4 Å². The molecule has 2 aliphatic rings. The Balaban J connectivity index is 1.51. The van der Waals surface area contributed by atoms with Crippen molar-refractivity contribution in [2.24, 2.45) is 5.41 Å². The Labute approximate surface area is 148 Å². The van der Waals surface area contributed by atoms with Gasteiger partial charge < -0.3 is 20.1 Å². The molecule has 2 fully saturated rings. The minimum atomic E-state index is -0.814. The summed E-state index contributed by atoms with van der Waals surface area (Å²) in [6, 6.07) is 7.74. The largest absolute Gasteiger partial charge is 0.481 e. The normalized spacial score (nSPS) is 25.7. The molecule has 0 bridgehead atoms. The average molecular weight is 349 g/mol. The highest BCUT2D eigenvalue weighted by Gasteiger charge is 2.55. The number of carboxylic acids is 1. The molecule has 1 heterocycles. The van der Waals surface area contributed by atoms with Crippen molar-refractivity contribution in [2.75, 3.05) is 26.3 Å². The number of likely N-dealkylation sites (tertiary alicyclic amines) is 1. The summed E-state index contributed by atoms with van der Waals surface area (Å²) in [6.45, 7) is 3.01. The van der Waals surface area contributed by atoms with Crippen LogP contribution in [-0.2, 0) is 22.5 Å². The highest BCUT2D eigenvalue weighted by molar-refractivity contribution is 5.70. The van der Waals surface area contributed by atoms with Crippen molar-refractivity contribution >= 4 is 5.97 Å². The molecule has 1 saturated heterocycles. The zero-order valence-corrected chi connectivity index (χ0v) is 14.4. The standard InChI is InChI=1S/C19H27NO5/c21-9-10-25-17-12-16(22)19(17)5-7-20(8-6-19)13-15-3-1-14(2-4-15)11-18(23)24/h1-4,16-17,21-22H,5-13H2,(H,23,24)/t16-,17+/m1/s1. The van der Waals surface area contributed by atoms with Crippen LogP contribution in [0, 0.1) is 5.41 Å². The van der Waals surface area contributed by atoms with E-state index < -0.39 is 5.97 Å². The lowest BCUT2D eigenvalue weighted by Gasteiger charge is -2.56. The lowest BCUT2D eigenvalue weighted by atomic mass is 9.58. The van der Waals surface area contributed by atoms with Gasteiger partial charge in [-0.1, -0.05) is 24.3 Å². The molecule has 1 spiro atoms. The van der Waals surface area contributed by atoms with E-state index >= 15 is 0 Å². The van der Waals surface area contributed by atoms with E-state index in [-0.39, 0.29) is 30.7 Å². The van der Waals surface area contributed by atoms with Gasteiger partial charge in [-0.05, 0) is 37.1 Å². The maximum atomic E-state index is 10.7. The van der Waals surface area contributed by atoms with Gasteiger partial charge in [0.25, 0.3) is 0 Å². The number of hydrogen-bond acceptors (Lipinski definition) is 5. The third-order valence-electron chi connectivity index (χ3n) is 5.72. The van der Waals surface area contributed by atoms with Crippen molar-refractivity contribution in [1.82, 2.24) is 4.90 Å². The van der Waals surface area contributed by atoms with Gasteiger partial charge in [-0.25, -0.2) is 0 Å². The monoisotopic (exact) mass is 349 g/mol. The second-order valence-electron chi connectivity index (χ2n) is 7.23. The zero-order chi connectivity index (χ0) is 17.9. The number of rotatable bonds is 7. The molecule has 3 rings (SSSR count). The molecule has 2 atom stereocenters. The first-order valence-electron chi connectivity index (χ1n) is 8.96. The molecule has 6 nitrogen and oxygen atoms in total. The molecule has 25 heavy (non-hydrogen) atoms. The summed E-state index contributed by atoms with van der Waals surface area (Å²) in [5.74, 6) is -0.814. The third-order valence-corrected chi connectivity index (χ3v) is 5.72. The lowest BCUT2D eigenvalue weighted by molar-refractivity contribution is -0.213. The number of benzene rings is 1. The molecule has 138 valence electrons. The van der Waals surface area contributed by atoms with Crippen LogP contribution in [0.3, 0.4) is 0 Å². The quantitative estimate of drug-likeness (QED) is 0.681. The number of carboxylic acid groups (broad SMARTS) is 1. The number of carbonyl (C=O) groups is 1. The van der Waals surface area contributed by atoms with E-state index in [1.165, 1.54) is 5.56 Å². The van der Waals surface area contributed by atoms with Gasteiger partial charge in [-0.2, -0.15) is 0 Å². The van der Waals surface area contributed by atoms with Gasteiger partial charge >= 0.3 is 5.97 Å². The van der Waals surface area contributed by atoms with Gasteiger partial charge in [0.1, 0.15) is 0 Å². The minimum absolute atomic E-state index is 0.0205. The summed E-state index contributed by atoms with van der Waals surface area (Å²) in [5, 5.41) is 28.0. The number of nitrogens with zero attached hydrogens (tertiary/aromatic N) is 1. The molecule has 0 amide bonds. The van der Waals surface area contributed by atoms with Crippen molar-refractivity contribution in [1.29, 1.82) is 0 Å². The molecule has 0 unspecified atom stereocenters. The summed E-state index contributed by atoms with van der Waals surface area (Å²) >= 11 is 0. The maximum absolute atomic E-state index is 10.7. The Hall–Kier alpha value is -1.47. The molecule has 1 aromatic rings. The highest BCUT2D eigenvalue weighted by atomic mass is 16.5. The first kappa shape index (κ1) is 18.3. The Morgan fingerprint density at radius 2 is 1.84 bits per heavy atom. The average Bonchev–Trinajstić information content (AvgIpc) is 2.60. The molecule has 6 heteroatoms. The van der Waals surface area contributed by atoms with Gasteiger partial charge in [-0.15, -0.1) is 0 Å². The first-order chi connectivity index (χ1) is 12.0. The fourth-order valence-corrected chi connectivity index (χ4v) is 4.13. The minimum Gasteiger partial charge on any atom is -0.481 e. The van der Waals surface area contributed by atoms with Crippen molar-refractivity contribution < 1.29 is 24.9 Å². The molecule has 1 aromatic carbocycles. The van der Waals surface area contributed by atoms with Crippen LogP contribution in [0.25, 0.3) is 0 Å². The number of ether oxygens (including phenoxy) is 1. The lowest BCUT2D eigenvalue weighted by Crippen LogP contribution is -2.62. The van der Waals surface area contributed by atoms with E-state index in [4.69, 9.17) is 14.9 Å².